The van der Waals surface area contributed by atoms with Gasteiger partial charge >= 0.3 is 0 Å². The van der Waals surface area contributed by atoms with Crippen LogP contribution in [0.1, 0.15) is 23.2 Å². The van der Waals surface area contributed by atoms with E-state index >= 15 is 0 Å². The minimum atomic E-state index is 1.11. The average Bonchev–Trinajstić information content (AvgIpc) is 3.12. The number of nitrogens with zero attached hydrogens (tertiary/aromatic N) is 2. The monoisotopic (exact) mass is 290 g/mol. The van der Waals surface area contributed by atoms with Gasteiger partial charge in [-0.3, -0.25) is 5.10 Å². The lowest BCUT2D eigenvalue weighted by Crippen LogP contribution is -1.88. The Morgan fingerprint density at radius 2 is 2.05 bits per heavy atom. The number of aromatic amines is 2. The van der Waals surface area contributed by atoms with Gasteiger partial charge in [0.1, 0.15) is 5.69 Å². The van der Waals surface area contributed by atoms with E-state index in [4.69, 9.17) is 0 Å². The second-order valence-corrected chi connectivity index (χ2v) is 6.39. The van der Waals surface area contributed by atoms with Crippen LogP contribution in [0.25, 0.3) is 33.2 Å². The minimum absolute atomic E-state index is 1.11. The van der Waals surface area contributed by atoms with Gasteiger partial charge in [-0.25, -0.2) is 0 Å². The summed E-state index contributed by atoms with van der Waals surface area (Å²) in [5.41, 5.74) is 8.80. The summed E-state index contributed by atoms with van der Waals surface area (Å²) in [7, 11) is 2.09. The van der Waals surface area contributed by atoms with E-state index in [0.717, 1.165) is 18.5 Å². The highest BCUT2D eigenvalue weighted by molar-refractivity contribution is 6.00. The third-order valence-electron chi connectivity index (χ3n) is 5.08. The molecule has 1 aliphatic rings. The molecule has 2 N–H and O–H groups in total. The SMILES string of the molecule is Cc1[nH]nc2c1CCCc1c-2[nH]c2cc3c(ccn3C)cc12. The van der Waals surface area contributed by atoms with Crippen molar-refractivity contribution in [1.82, 2.24) is 19.7 Å². The van der Waals surface area contributed by atoms with Gasteiger partial charge in [-0.15, -0.1) is 0 Å². The lowest BCUT2D eigenvalue weighted by Gasteiger charge is -2.00. The Kier molecular flexibility index (Phi) is 2.22. The molecule has 0 aliphatic heterocycles. The van der Waals surface area contributed by atoms with Crippen molar-refractivity contribution in [3.05, 3.63) is 41.2 Å². The van der Waals surface area contributed by atoms with Gasteiger partial charge < -0.3 is 9.55 Å². The van der Waals surface area contributed by atoms with Crippen LogP contribution in [0.15, 0.2) is 24.4 Å². The first-order chi connectivity index (χ1) is 10.7. The quantitative estimate of drug-likeness (QED) is 0.508. The third-order valence-corrected chi connectivity index (χ3v) is 5.08. The molecule has 0 saturated carbocycles. The summed E-state index contributed by atoms with van der Waals surface area (Å²) in [4.78, 5) is 3.64. The van der Waals surface area contributed by atoms with Gasteiger partial charge in [0.25, 0.3) is 0 Å². The topological polar surface area (TPSA) is 49.4 Å². The van der Waals surface area contributed by atoms with Gasteiger partial charge in [0, 0.05) is 46.3 Å². The fourth-order valence-corrected chi connectivity index (χ4v) is 3.88. The lowest BCUT2D eigenvalue weighted by atomic mass is 10.0. The predicted molar refractivity (Wildman–Crippen MR) is 89.1 cm³/mol. The van der Waals surface area contributed by atoms with Crippen LogP contribution in [0.3, 0.4) is 0 Å². The van der Waals surface area contributed by atoms with E-state index in [9.17, 15) is 0 Å². The van der Waals surface area contributed by atoms with Crippen LogP contribution < -0.4 is 0 Å². The molecule has 0 unspecified atom stereocenters. The molecule has 1 aromatic carbocycles. The molecular formula is C18H18N4. The van der Waals surface area contributed by atoms with E-state index in [1.807, 2.05) is 0 Å². The van der Waals surface area contributed by atoms with Crippen LogP contribution in [0.5, 0.6) is 0 Å². The maximum atomic E-state index is 4.57. The number of aryl methyl sites for hydroxylation is 3. The average molecular weight is 290 g/mol. The van der Waals surface area contributed by atoms with E-state index in [1.54, 1.807) is 0 Å². The molecule has 5 rings (SSSR count). The zero-order valence-corrected chi connectivity index (χ0v) is 12.8. The second kappa shape index (κ2) is 4.03. The number of hydrogen-bond donors (Lipinski definition) is 2. The maximum Gasteiger partial charge on any atom is 0.112 e. The van der Waals surface area contributed by atoms with Gasteiger partial charge in [0.2, 0.25) is 0 Å². The van der Waals surface area contributed by atoms with Gasteiger partial charge in [-0.1, -0.05) is 0 Å². The van der Waals surface area contributed by atoms with Crippen molar-refractivity contribution >= 4 is 21.8 Å². The number of benzene rings is 1. The Morgan fingerprint density at radius 1 is 1.18 bits per heavy atom. The molecular weight excluding hydrogens is 272 g/mol. The highest BCUT2D eigenvalue weighted by Crippen LogP contribution is 2.37. The highest BCUT2D eigenvalue weighted by atomic mass is 15.1. The van der Waals surface area contributed by atoms with E-state index in [0.29, 0.717) is 0 Å². The number of nitrogens with one attached hydrogen (secondary N) is 2. The number of fused-ring (bicyclic) bond motifs is 6. The Hall–Kier alpha value is -2.49. The standard InChI is InChI=1S/C18H18N4/c1-10-12-4-3-5-13-14-8-11-6-7-22(2)16(11)9-15(14)19-17(13)18(12)21-20-10/h6-9,19H,3-5H2,1-2H3,(H,20,21). The van der Waals surface area contributed by atoms with Crippen LogP contribution in [-0.4, -0.2) is 19.7 Å². The fourth-order valence-electron chi connectivity index (χ4n) is 3.88. The van der Waals surface area contributed by atoms with Gasteiger partial charge in [-0.2, -0.15) is 5.10 Å². The van der Waals surface area contributed by atoms with E-state index in [2.05, 4.69) is 58.1 Å². The molecule has 4 aromatic rings. The lowest BCUT2D eigenvalue weighted by molar-refractivity contribution is 0.832. The molecule has 0 spiro atoms. The molecule has 110 valence electrons. The summed E-state index contributed by atoms with van der Waals surface area (Å²) in [6, 6.07) is 6.78. The molecule has 3 aromatic heterocycles. The molecule has 0 saturated heterocycles. The molecule has 4 nitrogen and oxygen atoms in total. The van der Waals surface area contributed by atoms with Crippen molar-refractivity contribution in [3.63, 3.8) is 0 Å². The molecule has 0 atom stereocenters. The third kappa shape index (κ3) is 1.44. The van der Waals surface area contributed by atoms with Crippen LogP contribution >= 0.6 is 0 Å². The van der Waals surface area contributed by atoms with Crippen molar-refractivity contribution in [3.8, 4) is 11.4 Å². The first-order valence-corrected chi connectivity index (χ1v) is 7.86. The summed E-state index contributed by atoms with van der Waals surface area (Å²) in [5.74, 6) is 0. The molecule has 0 fully saturated rings. The van der Waals surface area contributed by atoms with Crippen LogP contribution in [0, 0.1) is 6.92 Å². The number of H-pyrrole nitrogens is 2. The van der Waals surface area contributed by atoms with Crippen molar-refractivity contribution < 1.29 is 0 Å². The number of rotatable bonds is 0. The van der Waals surface area contributed by atoms with Gasteiger partial charge in [-0.05, 0) is 49.9 Å². The summed E-state index contributed by atoms with van der Waals surface area (Å²) in [6.45, 7) is 2.12. The maximum absolute atomic E-state index is 4.57. The fraction of sp³-hybridized carbons (Fsp3) is 0.278. The zero-order chi connectivity index (χ0) is 14.8. The largest absolute Gasteiger partial charge is 0.353 e. The predicted octanol–water partition coefficient (Wildman–Crippen LogP) is 3.85. The van der Waals surface area contributed by atoms with Gasteiger partial charge in [0.05, 0.1) is 5.69 Å². The van der Waals surface area contributed by atoms with Gasteiger partial charge in [0.15, 0.2) is 0 Å². The first kappa shape index (κ1) is 12.1. The van der Waals surface area contributed by atoms with Crippen molar-refractivity contribution in [2.75, 3.05) is 0 Å². The molecule has 0 amide bonds. The summed E-state index contributed by atoms with van der Waals surface area (Å²) in [6.07, 6.45) is 5.52. The summed E-state index contributed by atoms with van der Waals surface area (Å²) >= 11 is 0. The molecule has 0 radical (unpaired) electrons. The molecule has 1 aliphatic carbocycles. The van der Waals surface area contributed by atoms with E-state index in [-0.39, 0.29) is 0 Å². The number of aromatic nitrogens is 4. The smallest absolute Gasteiger partial charge is 0.112 e. The van der Waals surface area contributed by atoms with E-state index in [1.165, 1.54) is 50.7 Å². The molecule has 4 heteroatoms. The van der Waals surface area contributed by atoms with Crippen LogP contribution in [0.4, 0.5) is 0 Å². The van der Waals surface area contributed by atoms with Crippen molar-refractivity contribution in [2.24, 2.45) is 7.05 Å². The van der Waals surface area contributed by atoms with Crippen molar-refractivity contribution in [1.29, 1.82) is 0 Å². The summed E-state index contributed by atoms with van der Waals surface area (Å²) in [5, 5.41) is 10.4. The Balaban J connectivity index is 1.88. The second-order valence-electron chi connectivity index (χ2n) is 6.39. The van der Waals surface area contributed by atoms with Crippen molar-refractivity contribution in [2.45, 2.75) is 26.2 Å². The molecule has 3 heterocycles. The Morgan fingerprint density at radius 3 is 2.95 bits per heavy atom. The first-order valence-electron chi connectivity index (χ1n) is 7.86. The van der Waals surface area contributed by atoms with E-state index < -0.39 is 0 Å². The normalized spacial score (nSPS) is 14.3. The highest BCUT2D eigenvalue weighted by Gasteiger charge is 2.23. The van der Waals surface area contributed by atoms with Crippen LogP contribution in [0.2, 0.25) is 0 Å². The number of hydrogen-bond acceptors (Lipinski definition) is 1. The van der Waals surface area contributed by atoms with Crippen LogP contribution in [-0.2, 0) is 19.9 Å². The molecule has 22 heavy (non-hydrogen) atoms. The zero-order valence-electron chi connectivity index (χ0n) is 12.8. The summed E-state index contributed by atoms with van der Waals surface area (Å²) < 4.78 is 2.17. The molecule has 0 bridgehead atoms. The Bertz CT molecular complexity index is 1030. The Labute approximate surface area is 128 Å². The minimum Gasteiger partial charge on any atom is -0.353 e.